The smallest absolute Gasteiger partial charge is 0.248 e. The summed E-state index contributed by atoms with van der Waals surface area (Å²) in [6, 6.07) is 18.4. The Balaban J connectivity index is 1.29. The van der Waals surface area contributed by atoms with E-state index in [4.69, 9.17) is 9.84 Å². The molecule has 3 aliphatic heterocycles. The van der Waals surface area contributed by atoms with Gasteiger partial charge in [-0.25, -0.2) is 0 Å². The number of aliphatic hydroxyl groups is 1. The molecule has 7 nitrogen and oxygen atoms in total. The Labute approximate surface area is 189 Å². The third kappa shape index (κ3) is 4.01. The molecule has 1 amide bonds. The van der Waals surface area contributed by atoms with Crippen LogP contribution in [0.1, 0.15) is 18.4 Å². The van der Waals surface area contributed by atoms with Gasteiger partial charge in [0.15, 0.2) is 0 Å². The van der Waals surface area contributed by atoms with E-state index in [2.05, 4.69) is 39.8 Å². The number of nitrogens with one attached hydrogen (secondary N) is 2. The third-order valence-corrected chi connectivity index (χ3v) is 7.43. The second-order valence-corrected chi connectivity index (χ2v) is 9.40. The van der Waals surface area contributed by atoms with Gasteiger partial charge in [-0.15, -0.1) is 0 Å². The standard InChI is InChI=1S/C25H32N4O3/c30-14-23(31)28-17-24(18-28)10-12-29(13-11-24)25(15-26-19-27-16-25)20-6-8-22(9-7-20)32-21-4-2-1-3-5-21/h1-9,26-27,30H,10-19H2. The highest BCUT2D eigenvalue weighted by molar-refractivity contribution is 5.78. The van der Waals surface area contributed by atoms with Crippen LogP contribution in [0.5, 0.6) is 11.5 Å². The normalized spacial score (nSPS) is 22.3. The fourth-order valence-corrected chi connectivity index (χ4v) is 5.52. The van der Waals surface area contributed by atoms with Crippen LogP contribution in [0, 0.1) is 5.41 Å². The SMILES string of the molecule is O=C(CO)N1CC2(CCN(C3(c4ccc(Oc5ccccc5)cc4)CNCNC3)CC2)C1. The first kappa shape index (κ1) is 21.4. The largest absolute Gasteiger partial charge is 0.457 e. The summed E-state index contributed by atoms with van der Waals surface area (Å²) in [6.07, 6.45) is 2.17. The second-order valence-electron chi connectivity index (χ2n) is 9.40. The maximum Gasteiger partial charge on any atom is 0.248 e. The summed E-state index contributed by atoms with van der Waals surface area (Å²) in [4.78, 5) is 16.2. The lowest BCUT2D eigenvalue weighted by molar-refractivity contribution is -0.151. The van der Waals surface area contributed by atoms with Crippen molar-refractivity contribution in [1.82, 2.24) is 20.4 Å². The number of amides is 1. The Morgan fingerprint density at radius 1 is 0.938 bits per heavy atom. The molecule has 0 radical (unpaired) electrons. The zero-order valence-corrected chi connectivity index (χ0v) is 18.4. The van der Waals surface area contributed by atoms with Gasteiger partial charge in [-0.2, -0.15) is 0 Å². The number of likely N-dealkylation sites (tertiary alicyclic amines) is 2. The van der Waals surface area contributed by atoms with Crippen LogP contribution in [-0.4, -0.2) is 73.4 Å². The number of ether oxygens (including phenoxy) is 1. The highest BCUT2D eigenvalue weighted by atomic mass is 16.5. The predicted molar refractivity (Wildman–Crippen MR) is 122 cm³/mol. The van der Waals surface area contributed by atoms with Crippen LogP contribution in [0.2, 0.25) is 0 Å². The Kier molecular flexibility index (Phi) is 5.90. The zero-order valence-electron chi connectivity index (χ0n) is 18.4. The lowest BCUT2D eigenvalue weighted by atomic mass is 9.70. The quantitative estimate of drug-likeness (QED) is 0.663. The summed E-state index contributed by atoms with van der Waals surface area (Å²) in [5.41, 5.74) is 1.42. The van der Waals surface area contributed by atoms with Crippen LogP contribution < -0.4 is 15.4 Å². The Morgan fingerprint density at radius 3 is 2.19 bits per heavy atom. The van der Waals surface area contributed by atoms with Gasteiger partial charge in [0.2, 0.25) is 5.91 Å². The zero-order chi connectivity index (χ0) is 22.0. The second kappa shape index (κ2) is 8.83. The van der Waals surface area contributed by atoms with Crippen LogP contribution >= 0.6 is 0 Å². The van der Waals surface area contributed by atoms with Crippen molar-refractivity contribution in [2.24, 2.45) is 5.41 Å². The van der Waals surface area contributed by atoms with Gasteiger partial charge in [0.05, 0.1) is 5.54 Å². The highest BCUT2D eigenvalue weighted by Crippen LogP contribution is 2.43. The Bertz CT molecular complexity index is 912. The molecule has 0 atom stereocenters. The molecule has 0 saturated carbocycles. The fraction of sp³-hybridized carbons (Fsp3) is 0.480. The molecule has 3 fully saturated rings. The average molecular weight is 437 g/mol. The van der Waals surface area contributed by atoms with Crippen molar-refractivity contribution in [2.45, 2.75) is 18.4 Å². The van der Waals surface area contributed by atoms with Gasteiger partial charge < -0.3 is 25.4 Å². The number of para-hydroxylation sites is 1. The highest BCUT2D eigenvalue weighted by Gasteiger charge is 2.50. The van der Waals surface area contributed by atoms with Crippen molar-refractivity contribution in [1.29, 1.82) is 0 Å². The maximum atomic E-state index is 11.7. The van der Waals surface area contributed by atoms with Gasteiger partial charge in [0.1, 0.15) is 18.1 Å². The van der Waals surface area contributed by atoms with Crippen LogP contribution in [0.15, 0.2) is 54.6 Å². The van der Waals surface area contributed by atoms with Crippen molar-refractivity contribution in [2.75, 3.05) is 52.5 Å². The van der Waals surface area contributed by atoms with Gasteiger partial charge >= 0.3 is 0 Å². The molecular formula is C25H32N4O3. The minimum atomic E-state index is -0.382. The first-order chi connectivity index (χ1) is 15.6. The van der Waals surface area contributed by atoms with E-state index in [0.29, 0.717) is 0 Å². The van der Waals surface area contributed by atoms with Gasteiger partial charge in [-0.3, -0.25) is 9.69 Å². The molecule has 3 N–H and O–H groups in total. The molecular weight excluding hydrogens is 404 g/mol. The van der Waals surface area contributed by atoms with E-state index >= 15 is 0 Å². The first-order valence-electron chi connectivity index (χ1n) is 11.5. The number of carbonyl (C=O) groups excluding carboxylic acids is 1. The molecule has 3 saturated heterocycles. The predicted octanol–water partition coefficient (Wildman–Crippen LogP) is 1.74. The lowest BCUT2D eigenvalue weighted by Gasteiger charge is -2.57. The van der Waals surface area contributed by atoms with Crippen molar-refractivity contribution in [3.8, 4) is 11.5 Å². The first-order valence-corrected chi connectivity index (χ1v) is 11.5. The van der Waals surface area contributed by atoms with Crippen LogP contribution in [-0.2, 0) is 10.3 Å². The lowest BCUT2D eigenvalue weighted by Crippen LogP contribution is -2.68. The van der Waals surface area contributed by atoms with Crippen molar-refractivity contribution >= 4 is 5.91 Å². The van der Waals surface area contributed by atoms with Crippen LogP contribution in [0.25, 0.3) is 0 Å². The van der Waals surface area contributed by atoms with E-state index in [0.717, 1.165) is 70.3 Å². The summed E-state index contributed by atoms with van der Waals surface area (Å²) in [6.45, 7) is 5.84. The van der Waals surface area contributed by atoms with E-state index in [9.17, 15) is 4.79 Å². The Morgan fingerprint density at radius 2 is 1.56 bits per heavy atom. The summed E-state index contributed by atoms with van der Waals surface area (Å²) >= 11 is 0. The van der Waals surface area contributed by atoms with Crippen molar-refractivity contribution < 1.29 is 14.6 Å². The molecule has 32 heavy (non-hydrogen) atoms. The molecule has 0 unspecified atom stereocenters. The van der Waals surface area contributed by atoms with E-state index in [-0.39, 0.29) is 23.5 Å². The minimum Gasteiger partial charge on any atom is -0.457 e. The number of carbonyl (C=O) groups is 1. The monoisotopic (exact) mass is 436 g/mol. The van der Waals surface area contributed by atoms with E-state index in [1.807, 2.05) is 30.3 Å². The summed E-state index contributed by atoms with van der Waals surface area (Å²) < 4.78 is 5.99. The molecule has 3 heterocycles. The van der Waals surface area contributed by atoms with Gasteiger partial charge in [-0.1, -0.05) is 30.3 Å². The summed E-state index contributed by atoms with van der Waals surface area (Å²) in [7, 11) is 0. The van der Waals surface area contributed by atoms with Gasteiger partial charge in [-0.05, 0) is 55.8 Å². The van der Waals surface area contributed by atoms with Crippen LogP contribution in [0.3, 0.4) is 0 Å². The minimum absolute atomic E-state index is 0.102. The van der Waals surface area contributed by atoms with Crippen LogP contribution in [0.4, 0.5) is 0 Å². The molecule has 5 rings (SSSR count). The molecule has 3 aliphatic rings. The maximum absolute atomic E-state index is 11.7. The average Bonchev–Trinajstić information content (AvgIpc) is 2.84. The molecule has 170 valence electrons. The number of aliphatic hydroxyl groups excluding tert-OH is 1. The number of hydrogen-bond acceptors (Lipinski definition) is 6. The number of rotatable bonds is 5. The number of hydrogen-bond donors (Lipinski definition) is 3. The molecule has 0 bridgehead atoms. The van der Waals surface area contributed by atoms with Crippen molar-refractivity contribution in [3.63, 3.8) is 0 Å². The fourth-order valence-electron chi connectivity index (χ4n) is 5.52. The number of nitrogens with zero attached hydrogens (tertiary/aromatic N) is 2. The van der Waals surface area contributed by atoms with Gasteiger partial charge in [0.25, 0.3) is 0 Å². The number of piperidine rings is 1. The molecule has 0 aromatic heterocycles. The Hall–Kier alpha value is -2.45. The molecule has 0 aliphatic carbocycles. The molecule has 2 aromatic rings. The summed E-state index contributed by atoms with van der Waals surface area (Å²) in [5.74, 6) is 1.53. The number of benzene rings is 2. The third-order valence-electron chi connectivity index (χ3n) is 7.43. The van der Waals surface area contributed by atoms with E-state index in [1.54, 1.807) is 4.90 Å². The molecule has 1 spiro atoms. The van der Waals surface area contributed by atoms with E-state index in [1.165, 1.54) is 5.56 Å². The van der Waals surface area contributed by atoms with E-state index < -0.39 is 0 Å². The molecule has 2 aromatic carbocycles. The summed E-state index contributed by atoms with van der Waals surface area (Å²) in [5, 5.41) is 16.2. The topological polar surface area (TPSA) is 77.1 Å². The van der Waals surface area contributed by atoms with Gasteiger partial charge in [0, 0.05) is 38.3 Å². The molecule has 7 heteroatoms. The van der Waals surface area contributed by atoms with Crippen molar-refractivity contribution in [3.05, 3.63) is 60.2 Å².